The van der Waals surface area contributed by atoms with E-state index in [4.69, 9.17) is 28.4 Å². The number of aliphatic hydroxyl groups excluding tert-OH is 6. The molecule has 0 saturated carbocycles. The van der Waals surface area contributed by atoms with E-state index < -0.39 is 86.6 Å². The molecule has 0 unspecified atom stereocenters. The Bertz CT molecular complexity index is 665. The van der Waals surface area contributed by atoms with Gasteiger partial charge in [-0.05, 0) is 19.3 Å². The summed E-state index contributed by atoms with van der Waals surface area (Å²) >= 11 is 0. The van der Waals surface area contributed by atoms with Crippen molar-refractivity contribution in [3.8, 4) is 0 Å². The number of hydrogen-bond donors (Lipinski definition) is 6. The van der Waals surface area contributed by atoms with Crippen molar-refractivity contribution in [3.63, 3.8) is 0 Å². The molecular formula is C25H44O14. The molecule has 39 heavy (non-hydrogen) atoms. The third-order valence-corrected chi connectivity index (χ3v) is 6.51. The van der Waals surface area contributed by atoms with Crippen LogP contribution in [-0.4, -0.2) is 130 Å². The fourth-order valence-electron chi connectivity index (χ4n) is 4.12. The minimum atomic E-state index is -1.57. The van der Waals surface area contributed by atoms with Crippen LogP contribution in [0.25, 0.3) is 0 Å². The topological polar surface area (TPSA) is 211 Å². The second kappa shape index (κ2) is 17.4. The molecule has 0 bridgehead atoms. The Morgan fingerprint density at radius 1 is 0.641 bits per heavy atom. The van der Waals surface area contributed by atoms with Crippen LogP contribution in [0.1, 0.15) is 58.8 Å². The third-order valence-electron chi connectivity index (χ3n) is 6.51. The molecule has 2 fully saturated rings. The first-order valence-corrected chi connectivity index (χ1v) is 13.5. The van der Waals surface area contributed by atoms with Gasteiger partial charge in [-0.25, -0.2) is 0 Å². The number of hydrogen-bond acceptors (Lipinski definition) is 14. The predicted octanol–water partition coefficient (Wildman–Crippen LogP) is -1.51. The minimum Gasteiger partial charge on any atom is -0.454 e. The highest BCUT2D eigenvalue weighted by molar-refractivity contribution is 5.72. The summed E-state index contributed by atoms with van der Waals surface area (Å²) in [5.74, 6) is -1.59. The minimum absolute atomic E-state index is 0.0165. The van der Waals surface area contributed by atoms with Gasteiger partial charge in [-0.1, -0.05) is 26.7 Å². The number of ether oxygens (including phenoxy) is 6. The lowest BCUT2D eigenvalue weighted by atomic mass is 9.99. The molecule has 0 amide bonds. The monoisotopic (exact) mass is 568 g/mol. The van der Waals surface area contributed by atoms with Gasteiger partial charge < -0.3 is 59.1 Å². The van der Waals surface area contributed by atoms with Crippen LogP contribution in [0.3, 0.4) is 0 Å². The molecule has 2 heterocycles. The molecule has 6 N–H and O–H groups in total. The average molecular weight is 569 g/mol. The molecule has 228 valence electrons. The van der Waals surface area contributed by atoms with Crippen LogP contribution in [0.5, 0.6) is 0 Å². The Morgan fingerprint density at radius 2 is 1.03 bits per heavy atom. The molecule has 0 aliphatic carbocycles. The molecule has 0 radical (unpaired) electrons. The molecule has 14 heteroatoms. The SMILES string of the molecule is CCCCO[C@H]1O[C@H](CO)[C@@H](O)[C@H](O)[C@H]1OC(=O)CCCC(=O)O[C@H]1[C@@H](OCCCC)O[C@H](CO)[C@@H](O)[C@@H]1O. The largest absolute Gasteiger partial charge is 0.454 e. The van der Waals surface area contributed by atoms with Gasteiger partial charge in [0.2, 0.25) is 0 Å². The lowest BCUT2D eigenvalue weighted by Gasteiger charge is -2.41. The van der Waals surface area contributed by atoms with Crippen molar-refractivity contribution >= 4 is 11.9 Å². The van der Waals surface area contributed by atoms with Gasteiger partial charge in [-0.15, -0.1) is 0 Å². The average Bonchev–Trinajstić information content (AvgIpc) is 2.92. The number of esters is 2. The second-order valence-corrected chi connectivity index (χ2v) is 9.62. The maximum Gasteiger partial charge on any atom is 0.306 e. The Labute approximate surface area is 227 Å². The smallest absolute Gasteiger partial charge is 0.306 e. The molecular weight excluding hydrogens is 524 g/mol. The molecule has 2 saturated heterocycles. The zero-order valence-corrected chi connectivity index (χ0v) is 22.5. The summed E-state index contributed by atoms with van der Waals surface area (Å²) in [6.45, 7) is 3.23. The highest BCUT2D eigenvalue weighted by atomic mass is 16.7. The summed E-state index contributed by atoms with van der Waals surface area (Å²) in [4.78, 5) is 24.9. The van der Waals surface area contributed by atoms with E-state index in [0.717, 1.165) is 12.8 Å². The first-order valence-electron chi connectivity index (χ1n) is 13.5. The Kier molecular flexibility index (Phi) is 15.0. The van der Waals surface area contributed by atoms with Gasteiger partial charge in [0.1, 0.15) is 36.6 Å². The quantitative estimate of drug-likeness (QED) is 0.0924. The van der Waals surface area contributed by atoms with E-state index in [1.807, 2.05) is 13.8 Å². The maximum atomic E-state index is 12.5. The van der Waals surface area contributed by atoms with Crippen LogP contribution in [-0.2, 0) is 38.0 Å². The molecule has 0 aromatic carbocycles. The Hall–Kier alpha value is -1.46. The predicted molar refractivity (Wildman–Crippen MR) is 131 cm³/mol. The van der Waals surface area contributed by atoms with Crippen LogP contribution in [0.4, 0.5) is 0 Å². The van der Waals surface area contributed by atoms with Crippen LogP contribution in [0.2, 0.25) is 0 Å². The van der Waals surface area contributed by atoms with E-state index >= 15 is 0 Å². The standard InChI is InChI=1S/C25H44O14/c1-3-5-10-34-24-22(20(32)18(30)14(12-26)36-24)38-16(28)8-7-9-17(29)39-23-21(33)19(31)15(13-27)37-25(23)35-11-6-4-2/h14-15,18-27,30-33H,3-13H2,1-2H3/t14-,15-,18-,19-,20+,21+,22-,23-,24+,25+/m1/s1. The highest BCUT2D eigenvalue weighted by Crippen LogP contribution is 2.27. The van der Waals surface area contributed by atoms with Crippen LogP contribution in [0.15, 0.2) is 0 Å². The van der Waals surface area contributed by atoms with Gasteiger partial charge in [-0.2, -0.15) is 0 Å². The molecule has 14 nitrogen and oxygen atoms in total. The number of unbranched alkanes of at least 4 members (excludes halogenated alkanes) is 2. The van der Waals surface area contributed by atoms with E-state index in [0.29, 0.717) is 12.8 Å². The van der Waals surface area contributed by atoms with Crippen molar-refractivity contribution in [2.75, 3.05) is 26.4 Å². The molecule has 0 aromatic rings. The van der Waals surface area contributed by atoms with Crippen molar-refractivity contribution in [1.82, 2.24) is 0 Å². The van der Waals surface area contributed by atoms with Crippen molar-refractivity contribution in [1.29, 1.82) is 0 Å². The fraction of sp³-hybridized carbons (Fsp3) is 0.920. The van der Waals surface area contributed by atoms with E-state index in [-0.39, 0.29) is 32.5 Å². The lowest BCUT2D eigenvalue weighted by molar-refractivity contribution is -0.304. The van der Waals surface area contributed by atoms with Gasteiger partial charge in [0.15, 0.2) is 24.8 Å². The highest BCUT2D eigenvalue weighted by Gasteiger charge is 2.48. The van der Waals surface area contributed by atoms with E-state index in [1.165, 1.54) is 0 Å². The van der Waals surface area contributed by atoms with Gasteiger partial charge in [0.05, 0.1) is 13.2 Å². The van der Waals surface area contributed by atoms with Crippen LogP contribution in [0, 0.1) is 0 Å². The van der Waals surface area contributed by atoms with Crippen molar-refractivity contribution in [2.24, 2.45) is 0 Å². The third kappa shape index (κ3) is 9.85. The normalized spacial score (nSPS) is 35.0. The van der Waals surface area contributed by atoms with Crippen LogP contribution >= 0.6 is 0 Å². The first kappa shape index (κ1) is 33.7. The molecule has 10 atom stereocenters. The summed E-state index contributed by atoms with van der Waals surface area (Å²) in [5, 5.41) is 60.0. The van der Waals surface area contributed by atoms with Crippen molar-refractivity contribution < 1.29 is 68.6 Å². The Balaban J connectivity index is 1.89. The summed E-state index contributed by atoms with van der Waals surface area (Å²) in [7, 11) is 0. The number of aliphatic hydroxyl groups is 6. The van der Waals surface area contributed by atoms with E-state index in [9.17, 15) is 40.2 Å². The van der Waals surface area contributed by atoms with Gasteiger partial charge in [0.25, 0.3) is 0 Å². The number of carbonyl (C=O) groups excluding carboxylic acids is 2. The summed E-state index contributed by atoms with van der Waals surface area (Å²) in [6, 6.07) is 0. The summed E-state index contributed by atoms with van der Waals surface area (Å²) in [6.07, 6.45) is -11.0. The molecule has 0 spiro atoms. The van der Waals surface area contributed by atoms with Crippen LogP contribution < -0.4 is 0 Å². The fourth-order valence-corrected chi connectivity index (χ4v) is 4.12. The van der Waals surface area contributed by atoms with Gasteiger partial charge >= 0.3 is 11.9 Å². The zero-order chi connectivity index (χ0) is 28.9. The molecule has 2 aliphatic heterocycles. The zero-order valence-electron chi connectivity index (χ0n) is 22.5. The lowest BCUT2D eigenvalue weighted by Crippen LogP contribution is -2.60. The maximum absolute atomic E-state index is 12.5. The van der Waals surface area contributed by atoms with E-state index in [1.54, 1.807) is 0 Å². The summed E-state index contributed by atoms with van der Waals surface area (Å²) < 4.78 is 32.6. The van der Waals surface area contributed by atoms with E-state index in [2.05, 4.69) is 0 Å². The second-order valence-electron chi connectivity index (χ2n) is 9.62. The molecule has 2 rings (SSSR count). The molecule has 0 aromatic heterocycles. The Morgan fingerprint density at radius 3 is 1.36 bits per heavy atom. The van der Waals surface area contributed by atoms with Gasteiger partial charge in [-0.3, -0.25) is 9.59 Å². The first-order chi connectivity index (χ1) is 18.7. The number of carbonyl (C=O) groups is 2. The van der Waals surface area contributed by atoms with Gasteiger partial charge in [0, 0.05) is 26.1 Å². The number of rotatable bonds is 16. The van der Waals surface area contributed by atoms with Crippen molar-refractivity contribution in [3.05, 3.63) is 0 Å². The summed E-state index contributed by atoms with van der Waals surface area (Å²) in [5.41, 5.74) is 0. The van der Waals surface area contributed by atoms with Crippen molar-refractivity contribution in [2.45, 2.75) is 120 Å². The molecule has 2 aliphatic rings.